The summed E-state index contributed by atoms with van der Waals surface area (Å²) in [5.74, 6) is 6.74. The zero-order valence-corrected chi connectivity index (χ0v) is 22.6. The molecule has 0 radical (unpaired) electrons. The van der Waals surface area contributed by atoms with Crippen LogP contribution in [-0.4, -0.2) is 40.5 Å². The zero-order valence-electron chi connectivity index (χ0n) is 22.6. The van der Waals surface area contributed by atoms with Gasteiger partial charge < -0.3 is 15.0 Å². The molecule has 202 valence electrons. The van der Waals surface area contributed by atoms with Crippen molar-refractivity contribution in [2.24, 2.45) is 11.8 Å². The van der Waals surface area contributed by atoms with Gasteiger partial charge in [0.15, 0.2) is 0 Å². The normalized spacial score (nSPS) is 18.8. The van der Waals surface area contributed by atoms with Crippen LogP contribution in [0.25, 0.3) is 17.0 Å². The Bertz CT molecular complexity index is 1590. The Morgan fingerprint density at radius 1 is 1.18 bits per heavy atom. The summed E-state index contributed by atoms with van der Waals surface area (Å²) < 4.78 is 6.51. The number of para-hydroxylation sites is 1. The van der Waals surface area contributed by atoms with Crippen molar-refractivity contribution in [3.63, 3.8) is 0 Å². The summed E-state index contributed by atoms with van der Waals surface area (Å²) in [6.45, 7) is 3.04. The highest BCUT2D eigenvalue weighted by molar-refractivity contribution is 6.01. The Kier molecular flexibility index (Phi) is 7.60. The van der Waals surface area contributed by atoms with Crippen LogP contribution in [-0.2, 0) is 4.74 Å². The Balaban J connectivity index is 1.37. The van der Waals surface area contributed by atoms with Crippen LogP contribution in [0.5, 0.6) is 0 Å². The number of aromatic amines is 1. The first-order valence-electron chi connectivity index (χ1n) is 14.0. The van der Waals surface area contributed by atoms with Gasteiger partial charge in [0.1, 0.15) is 6.23 Å². The van der Waals surface area contributed by atoms with Crippen molar-refractivity contribution in [2.45, 2.75) is 38.8 Å². The van der Waals surface area contributed by atoms with Gasteiger partial charge in [-0.15, -0.1) is 0 Å². The van der Waals surface area contributed by atoms with Crippen molar-refractivity contribution >= 4 is 34.3 Å². The van der Waals surface area contributed by atoms with E-state index in [1.807, 2.05) is 48.8 Å². The fourth-order valence-electron chi connectivity index (χ4n) is 5.14. The number of rotatable bonds is 7. The molecule has 7 nitrogen and oxygen atoms in total. The molecule has 6 rings (SSSR count). The molecule has 1 amide bonds. The van der Waals surface area contributed by atoms with Gasteiger partial charge in [0.05, 0.1) is 35.2 Å². The lowest BCUT2D eigenvalue weighted by Crippen LogP contribution is -2.43. The van der Waals surface area contributed by atoms with Crippen molar-refractivity contribution in [3.8, 4) is 11.8 Å². The Morgan fingerprint density at radius 2 is 2.08 bits per heavy atom. The molecule has 2 aromatic heterocycles. The van der Waals surface area contributed by atoms with E-state index in [1.165, 1.54) is 5.56 Å². The van der Waals surface area contributed by atoms with Gasteiger partial charge >= 0.3 is 0 Å². The maximum atomic E-state index is 13.5. The number of nitrogens with zero attached hydrogens (tertiary/aromatic N) is 3. The van der Waals surface area contributed by atoms with Gasteiger partial charge in [-0.3, -0.25) is 14.9 Å². The van der Waals surface area contributed by atoms with Gasteiger partial charge in [-0.1, -0.05) is 30.0 Å². The van der Waals surface area contributed by atoms with Crippen LogP contribution in [0.15, 0.2) is 73.1 Å². The smallest absolute Gasteiger partial charge is 0.254 e. The van der Waals surface area contributed by atoms with E-state index in [1.54, 1.807) is 0 Å². The lowest BCUT2D eigenvalue weighted by Gasteiger charge is -2.40. The summed E-state index contributed by atoms with van der Waals surface area (Å²) in [4.78, 5) is 20.1. The van der Waals surface area contributed by atoms with E-state index in [4.69, 9.17) is 4.74 Å². The van der Waals surface area contributed by atoms with Crippen LogP contribution in [0.3, 0.4) is 0 Å². The highest BCUT2D eigenvalue weighted by Crippen LogP contribution is 2.38. The monoisotopic (exact) mass is 531 g/mol. The molecule has 2 unspecified atom stereocenters. The topological polar surface area (TPSA) is 83.1 Å². The fourth-order valence-corrected chi connectivity index (χ4v) is 5.14. The standard InChI is InChI=1S/C33H33N5O2/c1-23-16-18-34-27(20-23)14-12-25-7-5-19-40-33(25)38(28-15-13-26-22-36-37-30(26)21-28)31-9-3-2-8-29(31)32(39)35-17-4-6-24-10-11-24/h2-3,8-9,12-16,18,20-22,24-25,33H,5,7,10-11,17,19H2,1H3,(H,35,39)(H,36,37). The Labute approximate surface area is 234 Å². The van der Waals surface area contributed by atoms with E-state index < -0.39 is 0 Å². The molecular formula is C33H33N5O2. The third-order valence-electron chi connectivity index (χ3n) is 7.37. The number of carbonyl (C=O) groups excluding carboxylic acids is 1. The molecule has 40 heavy (non-hydrogen) atoms. The number of anilines is 2. The first kappa shape index (κ1) is 25.8. The lowest BCUT2D eigenvalue weighted by molar-refractivity contribution is -0.00585. The molecule has 1 saturated heterocycles. The first-order chi connectivity index (χ1) is 19.7. The van der Waals surface area contributed by atoms with Crippen LogP contribution in [0.2, 0.25) is 0 Å². The minimum Gasteiger partial charge on any atom is -0.357 e. The molecule has 2 aliphatic rings. The second-order valence-electron chi connectivity index (χ2n) is 10.5. The molecule has 2 N–H and O–H groups in total. The molecular weight excluding hydrogens is 498 g/mol. The molecule has 2 atom stereocenters. The van der Waals surface area contributed by atoms with Crippen molar-refractivity contribution in [1.29, 1.82) is 0 Å². The number of hydrogen-bond donors (Lipinski definition) is 2. The molecule has 2 fully saturated rings. The Morgan fingerprint density at radius 3 is 2.95 bits per heavy atom. The number of nitrogens with one attached hydrogen (secondary N) is 2. The summed E-state index contributed by atoms with van der Waals surface area (Å²) in [5.41, 5.74) is 5.30. The summed E-state index contributed by atoms with van der Waals surface area (Å²) in [5, 5.41) is 11.3. The molecule has 1 aliphatic heterocycles. The van der Waals surface area contributed by atoms with Gasteiger partial charge in [-0.05, 0) is 86.7 Å². The third kappa shape index (κ3) is 5.93. The van der Waals surface area contributed by atoms with Crippen LogP contribution in [0, 0.1) is 30.6 Å². The first-order valence-corrected chi connectivity index (χ1v) is 14.0. The minimum atomic E-state index is -0.321. The molecule has 1 saturated carbocycles. The number of H-pyrrole nitrogens is 1. The van der Waals surface area contributed by atoms with Crippen LogP contribution in [0.1, 0.15) is 47.3 Å². The van der Waals surface area contributed by atoms with Crippen LogP contribution >= 0.6 is 0 Å². The third-order valence-corrected chi connectivity index (χ3v) is 7.37. The van der Waals surface area contributed by atoms with Crippen LogP contribution < -0.4 is 10.2 Å². The van der Waals surface area contributed by atoms with Gasteiger partial charge in [0.2, 0.25) is 0 Å². The van der Waals surface area contributed by atoms with E-state index >= 15 is 0 Å². The van der Waals surface area contributed by atoms with Crippen molar-refractivity contribution in [1.82, 2.24) is 20.5 Å². The number of pyridine rings is 1. The van der Waals surface area contributed by atoms with Gasteiger partial charge in [0, 0.05) is 35.7 Å². The highest BCUT2D eigenvalue weighted by atomic mass is 16.5. The van der Waals surface area contributed by atoms with E-state index in [-0.39, 0.29) is 18.1 Å². The van der Waals surface area contributed by atoms with Gasteiger partial charge in [-0.25, -0.2) is 0 Å². The van der Waals surface area contributed by atoms with Crippen molar-refractivity contribution < 1.29 is 9.53 Å². The maximum Gasteiger partial charge on any atom is 0.254 e. The SMILES string of the molecule is Cc1ccnc(C=CC2CCCOC2N(c2ccc3cn[nH]c3c2)c2ccccc2C(=O)NCC#CC2CC2)c1. The van der Waals surface area contributed by atoms with Crippen molar-refractivity contribution in [3.05, 3.63) is 89.9 Å². The summed E-state index contributed by atoms with van der Waals surface area (Å²) in [6.07, 6.45) is 11.8. The molecule has 7 heteroatoms. The number of ether oxygens (including phenoxy) is 1. The number of aromatic nitrogens is 3. The highest BCUT2D eigenvalue weighted by Gasteiger charge is 2.33. The van der Waals surface area contributed by atoms with E-state index in [0.717, 1.165) is 53.7 Å². The Hall–Kier alpha value is -4.41. The summed E-state index contributed by atoms with van der Waals surface area (Å²) >= 11 is 0. The van der Waals surface area contributed by atoms with E-state index in [9.17, 15) is 4.79 Å². The quantitative estimate of drug-likeness (QED) is 0.285. The minimum absolute atomic E-state index is 0.0778. The van der Waals surface area contributed by atoms with E-state index in [0.29, 0.717) is 24.6 Å². The van der Waals surface area contributed by atoms with Crippen LogP contribution in [0.4, 0.5) is 11.4 Å². The molecule has 3 heterocycles. The second-order valence-corrected chi connectivity index (χ2v) is 10.5. The van der Waals surface area contributed by atoms with E-state index in [2.05, 4.69) is 74.5 Å². The predicted octanol–water partition coefficient (Wildman–Crippen LogP) is 6.01. The van der Waals surface area contributed by atoms with Crippen molar-refractivity contribution in [2.75, 3.05) is 18.1 Å². The summed E-state index contributed by atoms with van der Waals surface area (Å²) in [7, 11) is 0. The maximum absolute atomic E-state index is 13.5. The number of fused-ring (bicyclic) bond motifs is 1. The molecule has 1 aliphatic carbocycles. The zero-order chi connectivity index (χ0) is 27.3. The molecule has 0 spiro atoms. The number of benzene rings is 2. The molecule has 0 bridgehead atoms. The number of hydrogen-bond acceptors (Lipinski definition) is 5. The lowest BCUT2D eigenvalue weighted by atomic mass is 9.95. The average Bonchev–Trinajstić information content (AvgIpc) is 3.69. The predicted molar refractivity (Wildman–Crippen MR) is 158 cm³/mol. The number of aryl methyl sites for hydroxylation is 1. The molecule has 2 aromatic carbocycles. The summed E-state index contributed by atoms with van der Waals surface area (Å²) in [6, 6.07) is 18.0. The largest absolute Gasteiger partial charge is 0.357 e. The number of amides is 1. The molecule has 4 aromatic rings. The van der Waals surface area contributed by atoms with Gasteiger partial charge in [0.25, 0.3) is 5.91 Å². The number of carbonyl (C=O) groups is 1. The average molecular weight is 532 g/mol. The second kappa shape index (κ2) is 11.8. The fraction of sp³-hybridized carbons (Fsp3) is 0.303. The van der Waals surface area contributed by atoms with Gasteiger partial charge in [-0.2, -0.15) is 5.10 Å².